The van der Waals surface area contributed by atoms with Gasteiger partial charge in [0.2, 0.25) is 0 Å². The van der Waals surface area contributed by atoms with Crippen molar-refractivity contribution in [3.05, 3.63) is 94.5 Å². The molecule has 0 bridgehead atoms. The van der Waals surface area contributed by atoms with Gasteiger partial charge in [0.25, 0.3) is 5.91 Å². The minimum atomic E-state index is -0.524. The lowest BCUT2D eigenvalue weighted by molar-refractivity contribution is -0.123. The van der Waals surface area contributed by atoms with Crippen molar-refractivity contribution in [2.75, 3.05) is 6.61 Å². The van der Waals surface area contributed by atoms with E-state index in [1.54, 1.807) is 48.5 Å². The number of ether oxygens (including phenoxy) is 2. The van der Waals surface area contributed by atoms with Crippen LogP contribution in [-0.2, 0) is 11.2 Å². The fourth-order valence-corrected chi connectivity index (χ4v) is 2.73. The van der Waals surface area contributed by atoms with Crippen LogP contribution in [0.4, 0.5) is 0 Å². The van der Waals surface area contributed by atoms with Crippen molar-refractivity contribution >= 4 is 29.7 Å². The highest BCUT2D eigenvalue weighted by Gasteiger charge is 2.11. The van der Waals surface area contributed by atoms with Crippen LogP contribution in [0.15, 0.2) is 77.9 Å². The zero-order valence-corrected chi connectivity index (χ0v) is 17.6. The molecule has 1 amide bonds. The van der Waals surface area contributed by atoms with Crippen LogP contribution in [0, 0.1) is 0 Å². The van der Waals surface area contributed by atoms with Gasteiger partial charge in [0.05, 0.1) is 11.8 Å². The summed E-state index contributed by atoms with van der Waals surface area (Å²) in [5, 5.41) is 4.45. The standard InChI is InChI=1S/C24H21ClN2O4/c1-2-17-7-13-21(14-8-17)30-16-23(28)27-26-15-19-5-3-4-6-22(19)31-24(29)18-9-11-20(25)12-10-18/h3-15H,2,16H2,1H3,(H,27,28)/b26-15-. The number of amides is 1. The number of nitrogens with one attached hydrogen (secondary N) is 1. The second-order valence-electron chi connectivity index (χ2n) is 6.51. The molecule has 3 aromatic rings. The summed E-state index contributed by atoms with van der Waals surface area (Å²) < 4.78 is 10.9. The predicted molar refractivity (Wildman–Crippen MR) is 120 cm³/mol. The molecule has 0 heterocycles. The smallest absolute Gasteiger partial charge is 0.343 e. The SMILES string of the molecule is CCc1ccc(OCC(=O)N/N=C\c2ccccc2OC(=O)c2ccc(Cl)cc2)cc1. The monoisotopic (exact) mass is 436 g/mol. The summed E-state index contributed by atoms with van der Waals surface area (Å²) in [6.07, 6.45) is 2.34. The number of hydrazone groups is 1. The summed E-state index contributed by atoms with van der Waals surface area (Å²) in [7, 11) is 0. The largest absolute Gasteiger partial charge is 0.484 e. The highest BCUT2D eigenvalue weighted by Crippen LogP contribution is 2.18. The average molecular weight is 437 g/mol. The Balaban J connectivity index is 1.55. The van der Waals surface area contributed by atoms with Crippen LogP contribution < -0.4 is 14.9 Å². The highest BCUT2D eigenvalue weighted by molar-refractivity contribution is 6.30. The number of esters is 1. The Kier molecular flexibility index (Phi) is 7.79. The van der Waals surface area contributed by atoms with E-state index in [0.717, 1.165) is 6.42 Å². The number of aryl methyl sites for hydroxylation is 1. The Hall–Kier alpha value is -3.64. The molecule has 0 atom stereocenters. The van der Waals surface area contributed by atoms with Gasteiger partial charge >= 0.3 is 5.97 Å². The van der Waals surface area contributed by atoms with E-state index in [2.05, 4.69) is 17.5 Å². The number of para-hydroxylation sites is 1. The number of rotatable bonds is 8. The molecule has 0 saturated heterocycles. The zero-order chi connectivity index (χ0) is 22.1. The van der Waals surface area contributed by atoms with Crippen molar-refractivity contribution in [1.82, 2.24) is 5.43 Å². The zero-order valence-electron chi connectivity index (χ0n) is 16.9. The number of halogens is 1. The third kappa shape index (κ3) is 6.69. The van der Waals surface area contributed by atoms with E-state index in [1.807, 2.05) is 24.3 Å². The Morgan fingerprint density at radius 2 is 1.71 bits per heavy atom. The van der Waals surface area contributed by atoms with E-state index in [1.165, 1.54) is 11.8 Å². The number of nitrogens with zero attached hydrogens (tertiary/aromatic N) is 1. The van der Waals surface area contributed by atoms with Crippen molar-refractivity contribution in [1.29, 1.82) is 0 Å². The number of hydrogen-bond donors (Lipinski definition) is 1. The van der Waals surface area contributed by atoms with Crippen LogP contribution in [0.5, 0.6) is 11.5 Å². The molecule has 0 radical (unpaired) electrons. The molecule has 158 valence electrons. The van der Waals surface area contributed by atoms with Crippen LogP contribution in [0.25, 0.3) is 0 Å². The lowest BCUT2D eigenvalue weighted by atomic mass is 10.2. The maximum absolute atomic E-state index is 12.3. The molecule has 0 aliphatic carbocycles. The number of benzene rings is 3. The molecule has 3 aromatic carbocycles. The summed E-state index contributed by atoms with van der Waals surface area (Å²) >= 11 is 5.84. The first kappa shape index (κ1) is 22.1. The molecule has 0 saturated carbocycles. The molecule has 1 N–H and O–H groups in total. The molecule has 0 aromatic heterocycles. The summed E-state index contributed by atoms with van der Waals surface area (Å²) in [6, 6.07) is 20.8. The van der Waals surface area contributed by atoms with E-state index in [9.17, 15) is 9.59 Å². The summed E-state index contributed by atoms with van der Waals surface area (Å²) in [6.45, 7) is 1.90. The maximum atomic E-state index is 12.3. The highest BCUT2D eigenvalue weighted by atomic mass is 35.5. The van der Waals surface area contributed by atoms with E-state index >= 15 is 0 Å². The molecule has 0 aliphatic rings. The van der Waals surface area contributed by atoms with Crippen molar-refractivity contribution in [3.63, 3.8) is 0 Å². The minimum absolute atomic E-state index is 0.171. The molecular formula is C24H21ClN2O4. The van der Waals surface area contributed by atoms with Crippen molar-refractivity contribution in [3.8, 4) is 11.5 Å². The van der Waals surface area contributed by atoms with Crippen LogP contribution >= 0.6 is 11.6 Å². The molecule has 3 rings (SSSR count). The normalized spacial score (nSPS) is 10.6. The molecule has 0 unspecified atom stereocenters. The fourth-order valence-electron chi connectivity index (χ4n) is 2.60. The molecular weight excluding hydrogens is 416 g/mol. The van der Waals surface area contributed by atoms with Gasteiger partial charge in [-0.15, -0.1) is 0 Å². The molecule has 6 nitrogen and oxygen atoms in total. The molecule has 0 fully saturated rings. The van der Waals surface area contributed by atoms with Gasteiger partial charge in [-0.3, -0.25) is 4.79 Å². The summed E-state index contributed by atoms with van der Waals surface area (Å²) in [5.41, 5.74) is 4.48. The molecule has 31 heavy (non-hydrogen) atoms. The van der Waals surface area contributed by atoms with Crippen molar-refractivity contribution < 1.29 is 19.1 Å². The van der Waals surface area contributed by atoms with Crippen LogP contribution in [-0.4, -0.2) is 24.7 Å². The molecule has 7 heteroatoms. The van der Waals surface area contributed by atoms with Gasteiger partial charge in [-0.2, -0.15) is 5.10 Å². The first-order chi connectivity index (χ1) is 15.0. The number of hydrogen-bond acceptors (Lipinski definition) is 5. The topological polar surface area (TPSA) is 77.0 Å². The average Bonchev–Trinajstić information content (AvgIpc) is 2.79. The molecule has 0 spiro atoms. The maximum Gasteiger partial charge on any atom is 0.343 e. The van der Waals surface area contributed by atoms with Gasteiger partial charge in [-0.05, 0) is 60.5 Å². The molecule has 0 aliphatic heterocycles. The quantitative estimate of drug-likeness (QED) is 0.241. The third-order valence-corrected chi connectivity index (χ3v) is 4.55. The van der Waals surface area contributed by atoms with E-state index < -0.39 is 11.9 Å². The van der Waals surface area contributed by atoms with Crippen LogP contribution in [0.1, 0.15) is 28.4 Å². The second kappa shape index (κ2) is 10.9. The Labute approximate surface area is 185 Å². The fraction of sp³-hybridized carbons (Fsp3) is 0.125. The second-order valence-corrected chi connectivity index (χ2v) is 6.95. The predicted octanol–water partition coefficient (Wildman–Crippen LogP) is 4.65. The Morgan fingerprint density at radius 1 is 1.00 bits per heavy atom. The van der Waals surface area contributed by atoms with Crippen LogP contribution in [0.2, 0.25) is 5.02 Å². The summed E-state index contributed by atoms with van der Waals surface area (Å²) in [4.78, 5) is 24.3. The third-order valence-electron chi connectivity index (χ3n) is 4.30. The number of carbonyl (C=O) groups excluding carboxylic acids is 2. The Bertz CT molecular complexity index is 1060. The Morgan fingerprint density at radius 3 is 2.42 bits per heavy atom. The lowest BCUT2D eigenvalue weighted by Gasteiger charge is -2.08. The van der Waals surface area contributed by atoms with Crippen molar-refractivity contribution in [2.45, 2.75) is 13.3 Å². The van der Waals surface area contributed by atoms with E-state index in [-0.39, 0.29) is 6.61 Å². The van der Waals surface area contributed by atoms with Gasteiger partial charge in [0.1, 0.15) is 11.5 Å². The van der Waals surface area contributed by atoms with Crippen LogP contribution in [0.3, 0.4) is 0 Å². The van der Waals surface area contributed by atoms with Gasteiger partial charge in [0.15, 0.2) is 6.61 Å². The summed E-state index contributed by atoms with van der Waals surface area (Å²) in [5.74, 6) is -0.0148. The van der Waals surface area contributed by atoms with Crippen molar-refractivity contribution in [2.24, 2.45) is 5.10 Å². The lowest BCUT2D eigenvalue weighted by Crippen LogP contribution is -2.24. The van der Waals surface area contributed by atoms with E-state index in [0.29, 0.717) is 27.6 Å². The number of carbonyl (C=O) groups is 2. The first-order valence-corrected chi connectivity index (χ1v) is 10.0. The van der Waals surface area contributed by atoms with Gasteiger partial charge in [0, 0.05) is 10.6 Å². The minimum Gasteiger partial charge on any atom is -0.484 e. The van der Waals surface area contributed by atoms with Gasteiger partial charge < -0.3 is 9.47 Å². The van der Waals surface area contributed by atoms with Gasteiger partial charge in [-0.25, -0.2) is 10.2 Å². The van der Waals surface area contributed by atoms with E-state index in [4.69, 9.17) is 21.1 Å². The first-order valence-electron chi connectivity index (χ1n) is 9.65. The van der Waals surface area contributed by atoms with Gasteiger partial charge in [-0.1, -0.05) is 42.8 Å².